The highest BCUT2D eigenvalue weighted by molar-refractivity contribution is 7.18. The van der Waals surface area contributed by atoms with Gasteiger partial charge in [0.05, 0.1) is 15.7 Å². The van der Waals surface area contributed by atoms with Crippen LogP contribution in [0.4, 0.5) is 5.82 Å². The van der Waals surface area contributed by atoms with Crippen molar-refractivity contribution >= 4 is 38.4 Å². The normalized spacial score (nSPS) is 11.6. The largest absolute Gasteiger partial charge is 0.382 e. The average Bonchev–Trinajstić information content (AvgIpc) is 3.25. The highest BCUT2D eigenvalue weighted by Crippen LogP contribution is 2.32. The summed E-state index contributed by atoms with van der Waals surface area (Å²) in [4.78, 5) is 9.23. The van der Waals surface area contributed by atoms with E-state index in [1.54, 1.807) is 11.3 Å². The summed E-state index contributed by atoms with van der Waals surface area (Å²) in [5.41, 5.74) is 16.9. The minimum Gasteiger partial charge on any atom is -0.382 e. The number of ether oxygens (including phenoxy) is 1. The Labute approximate surface area is 155 Å². The molecule has 4 aromatic rings. The molecule has 0 saturated heterocycles. The summed E-state index contributed by atoms with van der Waals surface area (Å²) in [5.74, 6) is 1.32. The number of pyridine rings is 1. The van der Waals surface area contributed by atoms with Gasteiger partial charge in [0.25, 0.3) is 0 Å². The van der Waals surface area contributed by atoms with Crippen molar-refractivity contribution in [3.8, 4) is 0 Å². The van der Waals surface area contributed by atoms with Gasteiger partial charge in [-0.15, -0.1) is 11.3 Å². The number of thiophene rings is 1. The summed E-state index contributed by atoms with van der Waals surface area (Å²) >= 11 is 1.66. The maximum absolute atomic E-state index is 6.19. The summed E-state index contributed by atoms with van der Waals surface area (Å²) < 4.78 is 8.93. The van der Waals surface area contributed by atoms with E-state index in [9.17, 15) is 0 Å². The van der Waals surface area contributed by atoms with E-state index in [1.165, 1.54) is 5.56 Å². The Kier molecular flexibility index (Phi) is 4.58. The molecule has 134 valence electrons. The van der Waals surface area contributed by atoms with Crippen LogP contribution in [0.5, 0.6) is 0 Å². The van der Waals surface area contributed by atoms with E-state index in [1.807, 2.05) is 18.4 Å². The third-order valence-corrected chi connectivity index (χ3v) is 5.33. The second-order valence-corrected chi connectivity index (χ2v) is 7.02. The monoisotopic (exact) mass is 367 g/mol. The number of anilines is 1. The number of nitrogens with zero attached hydrogens (tertiary/aromatic N) is 3. The molecule has 1 aromatic carbocycles. The lowest BCUT2D eigenvalue weighted by Gasteiger charge is -2.11. The highest BCUT2D eigenvalue weighted by atomic mass is 32.1. The second-order valence-electron chi connectivity index (χ2n) is 6.10. The van der Waals surface area contributed by atoms with E-state index in [0.717, 1.165) is 32.6 Å². The first kappa shape index (κ1) is 17.0. The minimum atomic E-state index is 0.443. The van der Waals surface area contributed by atoms with Gasteiger partial charge < -0.3 is 20.8 Å². The second kappa shape index (κ2) is 7.03. The number of hydrogen-bond donors (Lipinski definition) is 2. The fraction of sp³-hybridized carbons (Fsp3) is 0.263. The number of rotatable bonds is 6. The third kappa shape index (κ3) is 2.94. The lowest BCUT2D eigenvalue weighted by atomic mass is 10.1. The minimum absolute atomic E-state index is 0.443. The van der Waals surface area contributed by atoms with E-state index in [4.69, 9.17) is 21.2 Å². The Hall–Kier alpha value is -2.48. The standard InChI is InChI=1S/C19H21N5OS/c1-2-25-11-15-23-16-17(18-14(7-8-26-18)22-19(16)21)24(15)10-13-5-3-12(9-20)4-6-13/h3-8H,2,9-11,20H2,1H3,(H2,21,22). The molecule has 4 rings (SSSR count). The number of aromatic nitrogens is 3. The number of hydrogen-bond acceptors (Lipinski definition) is 6. The van der Waals surface area contributed by atoms with Gasteiger partial charge in [-0.1, -0.05) is 24.3 Å². The van der Waals surface area contributed by atoms with Gasteiger partial charge in [-0.3, -0.25) is 0 Å². The van der Waals surface area contributed by atoms with Crippen molar-refractivity contribution < 1.29 is 4.74 Å². The summed E-state index contributed by atoms with van der Waals surface area (Å²) in [7, 11) is 0. The van der Waals surface area contributed by atoms with Crippen molar-refractivity contribution in [2.45, 2.75) is 26.6 Å². The predicted molar refractivity (Wildman–Crippen MR) is 106 cm³/mol. The van der Waals surface area contributed by atoms with Crippen LogP contribution in [0.15, 0.2) is 35.7 Å². The molecule has 0 fully saturated rings. The number of fused-ring (bicyclic) bond motifs is 3. The molecule has 0 spiro atoms. The lowest BCUT2D eigenvalue weighted by molar-refractivity contribution is 0.126. The molecule has 0 aliphatic carbocycles. The maximum Gasteiger partial charge on any atom is 0.152 e. The van der Waals surface area contributed by atoms with Crippen LogP contribution < -0.4 is 11.5 Å². The van der Waals surface area contributed by atoms with Crippen LogP contribution in [0.25, 0.3) is 21.3 Å². The van der Waals surface area contributed by atoms with Gasteiger partial charge >= 0.3 is 0 Å². The Morgan fingerprint density at radius 1 is 1.12 bits per heavy atom. The third-order valence-electron chi connectivity index (χ3n) is 4.42. The van der Waals surface area contributed by atoms with Crippen molar-refractivity contribution in [1.29, 1.82) is 0 Å². The molecule has 0 radical (unpaired) electrons. The number of imidazole rings is 1. The molecule has 0 amide bonds. The van der Waals surface area contributed by atoms with Crippen molar-refractivity contribution in [3.05, 3.63) is 52.7 Å². The molecular formula is C19H21N5OS. The number of benzene rings is 1. The molecule has 7 heteroatoms. The van der Waals surface area contributed by atoms with E-state index in [2.05, 4.69) is 33.8 Å². The van der Waals surface area contributed by atoms with Gasteiger partial charge in [0.15, 0.2) is 5.82 Å². The van der Waals surface area contributed by atoms with E-state index in [-0.39, 0.29) is 0 Å². The van der Waals surface area contributed by atoms with Crippen LogP contribution in [0, 0.1) is 0 Å². The van der Waals surface area contributed by atoms with Crippen LogP contribution in [-0.4, -0.2) is 21.1 Å². The van der Waals surface area contributed by atoms with Crippen molar-refractivity contribution in [1.82, 2.24) is 14.5 Å². The molecule has 3 heterocycles. The first-order chi connectivity index (χ1) is 12.7. The Bertz CT molecular complexity index is 1050. The molecule has 4 N–H and O–H groups in total. The van der Waals surface area contributed by atoms with E-state index >= 15 is 0 Å². The molecule has 0 aliphatic rings. The molecule has 6 nitrogen and oxygen atoms in total. The predicted octanol–water partition coefficient (Wildman–Crippen LogP) is 3.27. The zero-order valence-electron chi connectivity index (χ0n) is 14.6. The Balaban J connectivity index is 1.88. The van der Waals surface area contributed by atoms with E-state index < -0.39 is 0 Å². The highest BCUT2D eigenvalue weighted by Gasteiger charge is 2.18. The zero-order chi connectivity index (χ0) is 18.1. The number of nitrogen functional groups attached to an aromatic ring is 1. The molecule has 0 unspecified atom stereocenters. The molecular weight excluding hydrogens is 346 g/mol. The summed E-state index contributed by atoms with van der Waals surface area (Å²) in [6.45, 7) is 4.29. The van der Waals surface area contributed by atoms with E-state index in [0.29, 0.717) is 32.1 Å². The molecule has 0 aliphatic heterocycles. The van der Waals surface area contributed by atoms with Gasteiger partial charge in [0.1, 0.15) is 17.9 Å². The van der Waals surface area contributed by atoms with Crippen molar-refractivity contribution in [3.63, 3.8) is 0 Å². The fourth-order valence-electron chi connectivity index (χ4n) is 3.10. The topological polar surface area (TPSA) is 92.0 Å². The fourth-order valence-corrected chi connectivity index (χ4v) is 3.98. The molecule has 26 heavy (non-hydrogen) atoms. The average molecular weight is 367 g/mol. The van der Waals surface area contributed by atoms with Crippen molar-refractivity contribution in [2.75, 3.05) is 12.3 Å². The quantitative estimate of drug-likeness (QED) is 0.546. The first-order valence-electron chi connectivity index (χ1n) is 8.58. The summed E-state index contributed by atoms with van der Waals surface area (Å²) in [6.07, 6.45) is 0. The lowest BCUT2D eigenvalue weighted by Crippen LogP contribution is -2.07. The zero-order valence-corrected chi connectivity index (χ0v) is 15.4. The van der Waals surface area contributed by atoms with Crippen LogP contribution in [0.3, 0.4) is 0 Å². The summed E-state index contributed by atoms with van der Waals surface area (Å²) in [5, 5.41) is 2.03. The van der Waals surface area contributed by atoms with Gasteiger partial charge in [-0.05, 0) is 29.5 Å². The van der Waals surface area contributed by atoms with Crippen LogP contribution >= 0.6 is 11.3 Å². The van der Waals surface area contributed by atoms with Crippen LogP contribution in [0.1, 0.15) is 23.9 Å². The van der Waals surface area contributed by atoms with Gasteiger partial charge in [0, 0.05) is 19.7 Å². The SMILES string of the molecule is CCOCc1nc2c(N)nc3ccsc3c2n1Cc1ccc(CN)cc1. The molecule has 0 saturated carbocycles. The van der Waals surface area contributed by atoms with Crippen LogP contribution in [0.2, 0.25) is 0 Å². The summed E-state index contributed by atoms with van der Waals surface area (Å²) in [6, 6.07) is 10.3. The molecule has 0 atom stereocenters. The maximum atomic E-state index is 6.19. The molecule has 3 aromatic heterocycles. The Morgan fingerprint density at radius 2 is 1.88 bits per heavy atom. The number of nitrogens with two attached hydrogens (primary N) is 2. The van der Waals surface area contributed by atoms with Crippen molar-refractivity contribution in [2.24, 2.45) is 5.73 Å². The molecule has 0 bridgehead atoms. The van der Waals surface area contributed by atoms with Gasteiger partial charge in [-0.25, -0.2) is 9.97 Å². The van der Waals surface area contributed by atoms with Gasteiger partial charge in [0.2, 0.25) is 0 Å². The smallest absolute Gasteiger partial charge is 0.152 e. The Morgan fingerprint density at radius 3 is 2.62 bits per heavy atom. The van der Waals surface area contributed by atoms with Gasteiger partial charge in [-0.2, -0.15) is 0 Å². The van der Waals surface area contributed by atoms with Crippen LogP contribution in [-0.2, 0) is 24.4 Å². The first-order valence-corrected chi connectivity index (χ1v) is 9.46.